The second-order valence-corrected chi connectivity index (χ2v) is 9.87. The van der Waals surface area contributed by atoms with E-state index < -0.39 is 23.6 Å². The SMILES string of the molecule is CCCC1(C(=O)O)CCCN1C(=O)[C@@H](NC(=O)OCC1c2ccccc2-c2ccccc21)C(C)C. The molecule has 1 unspecified atom stereocenters. The van der Waals surface area contributed by atoms with Gasteiger partial charge in [0.1, 0.15) is 18.2 Å². The summed E-state index contributed by atoms with van der Waals surface area (Å²) in [5, 5.41) is 12.7. The smallest absolute Gasteiger partial charge is 0.407 e. The second kappa shape index (κ2) is 10.1. The van der Waals surface area contributed by atoms with Gasteiger partial charge in [-0.3, -0.25) is 4.79 Å². The van der Waals surface area contributed by atoms with Gasteiger partial charge in [0.15, 0.2) is 0 Å². The molecule has 2 aromatic carbocycles. The minimum atomic E-state index is -1.21. The molecule has 1 aliphatic carbocycles. The van der Waals surface area contributed by atoms with Crippen molar-refractivity contribution in [2.45, 2.75) is 64.0 Å². The molecular weight excluding hydrogens is 444 g/mol. The molecule has 7 heteroatoms. The lowest BCUT2D eigenvalue weighted by atomic mass is 9.89. The summed E-state index contributed by atoms with van der Waals surface area (Å²) < 4.78 is 5.64. The fourth-order valence-corrected chi connectivity index (χ4v) is 5.65. The van der Waals surface area contributed by atoms with E-state index in [9.17, 15) is 19.5 Å². The molecule has 0 bridgehead atoms. The van der Waals surface area contributed by atoms with Gasteiger partial charge in [-0.1, -0.05) is 75.7 Å². The molecule has 1 heterocycles. The number of hydrogen-bond acceptors (Lipinski definition) is 4. The summed E-state index contributed by atoms with van der Waals surface area (Å²) in [5.74, 6) is -1.64. The number of nitrogens with zero attached hydrogens (tertiary/aromatic N) is 1. The number of rotatable bonds is 8. The highest BCUT2D eigenvalue weighted by atomic mass is 16.5. The number of aliphatic carboxylic acids is 1. The quantitative estimate of drug-likeness (QED) is 0.568. The third kappa shape index (κ3) is 4.51. The number of carboxylic acid groups (broad SMARTS) is 1. The lowest BCUT2D eigenvalue weighted by Crippen LogP contribution is -2.59. The van der Waals surface area contributed by atoms with Gasteiger partial charge in [0, 0.05) is 12.5 Å². The second-order valence-electron chi connectivity index (χ2n) is 9.87. The van der Waals surface area contributed by atoms with Crippen molar-refractivity contribution in [1.82, 2.24) is 10.2 Å². The van der Waals surface area contributed by atoms with Gasteiger partial charge in [-0.25, -0.2) is 9.59 Å². The van der Waals surface area contributed by atoms with E-state index in [1.807, 2.05) is 57.2 Å². The molecule has 0 spiro atoms. The maximum absolute atomic E-state index is 13.5. The Hall–Kier alpha value is -3.35. The van der Waals surface area contributed by atoms with Crippen LogP contribution in [0, 0.1) is 5.92 Å². The van der Waals surface area contributed by atoms with Crippen LogP contribution in [-0.2, 0) is 14.3 Å². The lowest BCUT2D eigenvalue weighted by Gasteiger charge is -2.37. The van der Waals surface area contributed by atoms with Gasteiger partial charge in [-0.2, -0.15) is 0 Å². The van der Waals surface area contributed by atoms with Crippen LogP contribution in [0.5, 0.6) is 0 Å². The number of carbonyl (C=O) groups is 3. The molecule has 1 saturated heterocycles. The number of likely N-dealkylation sites (tertiary alicyclic amines) is 1. The van der Waals surface area contributed by atoms with E-state index >= 15 is 0 Å². The minimum absolute atomic E-state index is 0.0795. The van der Waals surface area contributed by atoms with E-state index in [0.29, 0.717) is 32.2 Å². The van der Waals surface area contributed by atoms with E-state index in [-0.39, 0.29) is 24.3 Å². The average molecular weight is 479 g/mol. The molecule has 2 amide bonds. The van der Waals surface area contributed by atoms with Crippen molar-refractivity contribution in [2.75, 3.05) is 13.2 Å². The monoisotopic (exact) mass is 478 g/mol. The van der Waals surface area contributed by atoms with Gasteiger partial charge < -0.3 is 20.1 Å². The highest BCUT2D eigenvalue weighted by Gasteiger charge is 2.50. The molecule has 1 aliphatic heterocycles. The summed E-state index contributed by atoms with van der Waals surface area (Å²) >= 11 is 0. The molecular formula is C28H34N2O5. The van der Waals surface area contributed by atoms with Crippen LogP contribution >= 0.6 is 0 Å². The summed E-state index contributed by atoms with van der Waals surface area (Å²) in [6.07, 6.45) is 1.44. The van der Waals surface area contributed by atoms with Crippen LogP contribution in [0.4, 0.5) is 4.79 Å². The molecule has 2 N–H and O–H groups in total. The first-order chi connectivity index (χ1) is 16.8. The van der Waals surface area contributed by atoms with Gasteiger partial charge in [0.2, 0.25) is 5.91 Å². The Labute approximate surface area is 206 Å². The van der Waals surface area contributed by atoms with E-state index in [1.165, 1.54) is 4.90 Å². The first-order valence-electron chi connectivity index (χ1n) is 12.5. The minimum Gasteiger partial charge on any atom is -0.479 e. The van der Waals surface area contributed by atoms with Crippen molar-refractivity contribution in [3.8, 4) is 11.1 Å². The summed E-state index contributed by atoms with van der Waals surface area (Å²) in [7, 11) is 0. The molecule has 1 fully saturated rings. The Balaban J connectivity index is 1.47. The number of carboxylic acids is 1. The number of amides is 2. The van der Waals surface area contributed by atoms with Gasteiger partial charge in [-0.15, -0.1) is 0 Å². The lowest BCUT2D eigenvalue weighted by molar-refractivity contribution is -0.158. The number of benzene rings is 2. The molecule has 7 nitrogen and oxygen atoms in total. The molecule has 4 rings (SSSR count). The number of nitrogens with one attached hydrogen (secondary N) is 1. The molecule has 35 heavy (non-hydrogen) atoms. The Kier molecular flexibility index (Phi) is 7.15. The van der Waals surface area contributed by atoms with Crippen LogP contribution in [0.15, 0.2) is 48.5 Å². The highest BCUT2D eigenvalue weighted by molar-refractivity contribution is 5.92. The summed E-state index contributed by atoms with van der Waals surface area (Å²) in [5.41, 5.74) is 3.30. The normalized spacial score (nSPS) is 19.8. The van der Waals surface area contributed by atoms with Crippen molar-refractivity contribution in [3.05, 3.63) is 59.7 Å². The van der Waals surface area contributed by atoms with Crippen LogP contribution < -0.4 is 5.32 Å². The zero-order chi connectivity index (χ0) is 25.2. The largest absolute Gasteiger partial charge is 0.479 e. The van der Waals surface area contributed by atoms with Gasteiger partial charge >= 0.3 is 12.1 Å². The molecule has 2 aliphatic rings. The zero-order valence-electron chi connectivity index (χ0n) is 20.6. The Morgan fingerprint density at radius 1 is 1.09 bits per heavy atom. The van der Waals surface area contributed by atoms with Crippen molar-refractivity contribution in [1.29, 1.82) is 0 Å². The standard InChI is InChI=1S/C28H34N2O5/c1-4-14-28(26(32)33)15-9-16-30(28)25(31)24(18(2)3)29-27(34)35-17-23-21-12-7-5-10-19(21)20-11-6-8-13-22(20)23/h5-8,10-13,18,23-24H,4,9,14-17H2,1-3H3,(H,29,34)(H,32,33)/t24-,28?/m0/s1. The van der Waals surface area contributed by atoms with E-state index in [0.717, 1.165) is 22.3 Å². The Morgan fingerprint density at radius 2 is 1.69 bits per heavy atom. The van der Waals surface area contributed by atoms with Crippen molar-refractivity contribution < 1.29 is 24.2 Å². The number of ether oxygens (including phenoxy) is 1. The Bertz CT molecular complexity index is 1070. The maximum atomic E-state index is 13.5. The van der Waals surface area contributed by atoms with Gasteiger partial charge in [-0.05, 0) is 47.4 Å². The van der Waals surface area contributed by atoms with Crippen LogP contribution in [0.3, 0.4) is 0 Å². The number of hydrogen-bond donors (Lipinski definition) is 2. The molecule has 0 radical (unpaired) electrons. The number of carbonyl (C=O) groups excluding carboxylic acids is 2. The third-order valence-electron chi connectivity index (χ3n) is 7.37. The molecule has 2 aromatic rings. The summed E-state index contributed by atoms with van der Waals surface area (Å²) in [6.45, 7) is 6.12. The maximum Gasteiger partial charge on any atom is 0.407 e. The number of alkyl carbamates (subject to hydrolysis) is 1. The molecule has 186 valence electrons. The third-order valence-corrected chi connectivity index (χ3v) is 7.37. The van der Waals surface area contributed by atoms with Crippen LogP contribution in [0.2, 0.25) is 0 Å². The molecule has 0 aromatic heterocycles. The summed E-state index contributed by atoms with van der Waals surface area (Å²) in [4.78, 5) is 40.0. The van der Waals surface area contributed by atoms with Gasteiger partial charge in [0.25, 0.3) is 0 Å². The predicted octanol–water partition coefficient (Wildman–Crippen LogP) is 4.80. The predicted molar refractivity (Wildman–Crippen MR) is 133 cm³/mol. The van der Waals surface area contributed by atoms with Crippen LogP contribution in [-0.4, -0.2) is 52.7 Å². The Morgan fingerprint density at radius 3 is 2.23 bits per heavy atom. The highest BCUT2D eigenvalue weighted by Crippen LogP contribution is 2.44. The number of fused-ring (bicyclic) bond motifs is 3. The van der Waals surface area contributed by atoms with Crippen molar-refractivity contribution in [3.63, 3.8) is 0 Å². The first kappa shape index (κ1) is 24.8. The first-order valence-corrected chi connectivity index (χ1v) is 12.5. The zero-order valence-corrected chi connectivity index (χ0v) is 20.6. The summed E-state index contributed by atoms with van der Waals surface area (Å²) in [6, 6.07) is 15.3. The van der Waals surface area contributed by atoms with Crippen LogP contribution in [0.1, 0.15) is 63.5 Å². The van der Waals surface area contributed by atoms with Crippen LogP contribution in [0.25, 0.3) is 11.1 Å². The van der Waals surface area contributed by atoms with E-state index in [4.69, 9.17) is 4.74 Å². The van der Waals surface area contributed by atoms with Crippen molar-refractivity contribution >= 4 is 18.0 Å². The molecule has 0 saturated carbocycles. The van der Waals surface area contributed by atoms with E-state index in [1.54, 1.807) is 0 Å². The fourth-order valence-electron chi connectivity index (χ4n) is 5.65. The average Bonchev–Trinajstić information content (AvgIpc) is 3.41. The van der Waals surface area contributed by atoms with E-state index in [2.05, 4.69) is 17.4 Å². The van der Waals surface area contributed by atoms with Gasteiger partial charge in [0.05, 0.1) is 0 Å². The molecule has 2 atom stereocenters. The fraction of sp³-hybridized carbons (Fsp3) is 0.464. The topological polar surface area (TPSA) is 95.9 Å². The van der Waals surface area contributed by atoms with Crippen molar-refractivity contribution in [2.24, 2.45) is 5.92 Å².